The normalized spacial score (nSPS) is 12.6. The van der Waals surface area contributed by atoms with Crippen molar-refractivity contribution in [1.29, 1.82) is 0 Å². The predicted octanol–water partition coefficient (Wildman–Crippen LogP) is 19.2. The van der Waals surface area contributed by atoms with E-state index in [2.05, 4.69) is 31.3 Å². The molecule has 404 valence electrons. The van der Waals surface area contributed by atoms with Crippen LogP contribution in [0.5, 0.6) is 0 Å². The fourth-order valence-corrected chi connectivity index (χ4v) is 9.81. The minimum absolute atomic E-state index is 0.000287. The van der Waals surface area contributed by atoms with Gasteiger partial charge in [0.2, 0.25) is 5.91 Å². The zero-order valence-corrected chi connectivity index (χ0v) is 46.1. The quantitative estimate of drug-likeness (QED) is 0.0321. The monoisotopic (exact) mass is 960 g/mol. The summed E-state index contributed by atoms with van der Waals surface area (Å²) in [5, 5.41) is 23.4. The van der Waals surface area contributed by atoms with Gasteiger partial charge in [-0.2, -0.15) is 0 Å². The largest absolute Gasteiger partial charge is 0.466 e. The van der Waals surface area contributed by atoms with Gasteiger partial charge < -0.3 is 20.3 Å². The first-order valence-electron chi connectivity index (χ1n) is 30.9. The molecule has 0 heterocycles. The van der Waals surface area contributed by atoms with Gasteiger partial charge in [0.05, 0.1) is 25.4 Å². The van der Waals surface area contributed by atoms with Gasteiger partial charge in [0.15, 0.2) is 0 Å². The van der Waals surface area contributed by atoms with Gasteiger partial charge >= 0.3 is 5.97 Å². The van der Waals surface area contributed by atoms with Crippen LogP contribution in [-0.2, 0) is 14.3 Å². The molecule has 0 radical (unpaired) electrons. The summed E-state index contributed by atoms with van der Waals surface area (Å²) in [6, 6.07) is -0.545. The van der Waals surface area contributed by atoms with E-state index in [-0.39, 0.29) is 18.5 Å². The number of hydrogen-bond acceptors (Lipinski definition) is 5. The highest BCUT2D eigenvalue weighted by Crippen LogP contribution is 2.18. The smallest absolute Gasteiger partial charge is 0.305 e. The first-order valence-corrected chi connectivity index (χ1v) is 30.9. The van der Waals surface area contributed by atoms with E-state index >= 15 is 0 Å². The van der Waals surface area contributed by atoms with Crippen LogP contribution in [0.1, 0.15) is 348 Å². The molecule has 68 heavy (non-hydrogen) atoms. The molecule has 2 atom stereocenters. The van der Waals surface area contributed by atoms with E-state index in [4.69, 9.17) is 4.74 Å². The van der Waals surface area contributed by atoms with Crippen molar-refractivity contribution < 1.29 is 24.5 Å². The van der Waals surface area contributed by atoms with E-state index < -0.39 is 12.1 Å². The Labute approximate surface area is 425 Å². The van der Waals surface area contributed by atoms with Crippen LogP contribution < -0.4 is 5.32 Å². The molecule has 0 aromatic heterocycles. The van der Waals surface area contributed by atoms with Crippen LogP contribution in [0.4, 0.5) is 0 Å². The Morgan fingerprint density at radius 2 is 0.691 bits per heavy atom. The number of unbranched alkanes of at least 4 members (excludes halogenated alkanes) is 45. The van der Waals surface area contributed by atoms with Gasteiger partial charge in [-0.05, 0) is 51.4 Å². The van der Waals surface area contributed by atoms with Gasteiger partial charge in [-0.15, -0.1) is 0 Å². The molecule has 3 N–H and O–H groups in total. The average Bonchev–Trinajstić information content (AvgIpc) is 3.34. The van der Waals surface area contributed by atoms with Crippen molar-refractivity contribution in [3.05, 3.63) is 12.2 Å². The topological polar surface area (TPSA) is 95.9 Å². The van der Waals surface area contributed by atoms with Gasteiger partial charge in [0.25, 0.3) is 0 Å². The molecule has 0 aromatic rings. The Bertz CT molecular complexity index is 1020. The van der Waals surface area contributed by atoms with Crippen LogP contribution >= 0.6 is 0 Å². The Kier molecular flexibility index (Phi) is 57.0. The molecule has 6 nitrogen and oxygen atoms in total. The van der Waals surface area contributed by atoms with Crippen molar-refractivity contribution in [3.63, 3.8) is 0 Å². The fourth-order valence-electron chi connectivity index (χ4n) is 9.81. The highest BCUT2D eigenvalue weighted by Gasteiger charge is 2.20. The van der Waals surface area contributed by atoms with Gasteiger partial charge in [-0.3, -0.25) is 9.59 Å². The maximum absolute atomic E-state index is 12.5. The summed E-state index contributed by atoms with van der Waals surface area (Å²) >= 11 is 0. The Morgan fingerprint density at radius 1 is 0.397 bits per heavy atom. The second kappa shape index (κ2) is 58.2. The molecular weight excluding hydrogens is 839 g/mol. The molecule has 1 amide bonds. The number of carbonyl (C=O) groups excluding carboxylic acids is 2. The van der Waals surface area contributed by atoms with Crippen LogP contribution in [0.15, 0.2) is 12.2 Å². The maximum Gasteiger partial charge on any atom is 0.305 e. The maximum atomic E-state index is 12.5. The van der Waals surface area contributed by atoms with Crippen LogP contribution in [-0.4, -0.2) is 47.4 Å². The number of aliphatic hydroxyl groups is 2. The zero-order chi connectivity index (χ0) is 49.3. The standard InChI is InChI=1S/C62H121NO5/c1-3-5-7-9-11-13-15-17-19-20-21-24-27-30-34-38-42-46-50-54-60(65)59(58-64)63-61(66)55-51-47-43-39-35-31-28-25-22-23-26-29-33-37-41-45-49-53-57-68-62(67)56-52-48-44-40-36-32-18-16-14-12-10-8-6-4-2/h16,18,59-60,64-65H,3-15,17,19-58H2,1-2H3,(H,63,66)/b18-16-. The van der Waals surface area contributed by atoms with Crippen molar-refractivity contribution >= 4 is 11.9 Å². The van der Waals surface area contributed by atoms with Crippen LogP contribution in [0, 0.1) is 0 Å². The van der Waals surface area contributed by atoms with E-state index in [1.165, 1.54) is 270 Å². The molecule has 0 aliphatic carbocycles. The van der Waals surface area contributed by atoms with Gasteiger partial charge in [-0.1, -0.05) is 296 Å². The molecule has 0 saturated carbocycles. The van der Waals surface area contributed by atoms with Gasteiger partial charge in [0.1, 0.15) is 0 Å². The van der Waals surface area contributed by atoms with Crippen molar-refractivity contribution in [2.45, 2.75) is 360 Å². The number of esters is 1. The Hall–Kier alpha value is -1.40. The highest BCUT2D eigenvalue weighted by atomic mass is 16.5. The highest BCUT2D eigenvalue weighted by molar-refractivity contribution is 5.76. The van der Waals surface area contributed by atoms with Crippen molar-refractivity contribution in [2.24, 2.45) is 0 Å². The third kappa shape index (κ3) is 53.9. The van der Waals surface area contributed by atoms with Crippen molar-refractivity contribution in [3.8, 4) is 0 Å². The number of ether oxygens (including phenoxy) is 1. The Morgan fingerprint density at radius 3 is 1.04 bits per heavy atom. The molecule has 0 aliphatic heterocycles. The lowest BCUT2D eigenvalue weighted by atomic mass is 10.0. The van der Waals surface area contributed by atoms with Crippen molar-refractivity contribution in [1.82, 2.24) is 5.32 Å². The summed E-state index contributed by atoms with van der Waals surface area (Å²) < 4.78 is 5.47. The number of nitrogens with one attached hydrogen (secondary N) is 1. The van der Waals surface area contributed by atoms with E-state index in [0.29, 0.717) is 25.9 Å². The number of carbonyl (C=O) groups is 2. The SMILES string of the molecule is CCCCCCC/C=C\CCCCCCCC(=O)OCCCCCCCCCCCCCCCCCCCCC(=O)NC(CO)C(O)CCCCCCCCCCCCCCCCCCCCC. The number of aliphatic hydroxyl groups excluding tert-OH is 2. The van der Waals surface area contributed by atoms with Gasteiger partial charge in [-0.25, -0.2) is 0 Å². The number of allylic oxidation sites excluding steroid dienone is 2. The summed E-state index contributed by atoms with van der Waals surface area (Å²) in [7, 11) is 0. The zero-order valence-electron chi connectivity index (χ0n) is 46.1. The number of amides is 1. The third-order valence-corrected chi connectivity index (χ3v) is 14.6. The second-order valence-electron chi connectivity index (χ2n) is 21.4. The fraction of sp³-hybridized carbons (Fsp3) is 0.935. The molecule has 0 bridgehead atoms. The first kappa shape index (κ1) is 66.6. The van der Waals surface area contributed by atoms with Crippen LogP contribution in [0.25, 0.3) is 0 Å². The summed E-state index contributed by atoms with van der Waals surface area (Å²) in [5.74, 6) is -0.0359. The molecule has 0 aliphatic rings. The molecule has 0 fully saturated rings. The van der Waals surface area contributed by atoms with E-state index in [1.807, 2.05) is 0 Å². The second-order valence-corrected chi connectivity index (χ2v) is 21.4. The molecular formula is C62H121NO5. The molecule has 2 unspecified atom stereocenters. The summed E-state index contributed by atoms with van der Waals surface area (Å²) in [6.07, 6.45) is 69.2. The van der Waals surface area contributed by atoms with E-state index in [1.54, 1.807) is 0 Å². The van der Waals surface area contributed by atoms with Crippen LogP contribution in [0.2, 0.25) is 0 Å². The minimum Gasteiger partial charge on any atom is -0.466 e. The van der Waals surface area contributed by atoms with E-state index in [9.17, 15) is 19.8 Å². The average molecular weight is 961 g/mol. The minimum atomic E-state index is -0.667. The van der Waals surface area contributed by atoms with Crippen LogP contribution in [0.3, 0.4) is 0 Å². The molecule has 0 aromatic carbocycles. The lowest BCUT2D eigenvalue weighted by Gasteiger charge is -2.22. The van der Waals surface area contributed by atoms with Crippen molar-refractivity contribution in [2.75, 3.05) is 13.2 Å². The molecule has 0 saturated heterocycles. The summed E-state index contributed by atoms with van der Waals surface area (Å²) in [5.41, 5.74) is 0. The third-order valence-electron chi connectivity index (χ3n) is 14.6. The lowest BCUT2D eigenvalue weighted by molar-refractivity contribution is -0.143. The number of rotatable bonds is 58. The molecule has 0 rings (SSSR count). The molecule has 0 spiro atoms. The number of hydrogen-bond donors (Lipinski definition) is 3. The lowest BCUT2D eigenvalue weighted by Crippen LogP contribution is -2.45. The summed E-state index contributed by atoms with van der Waals surface area (Å²) in [6.45, 7) is 4.96. The predicted molar refractivity (Wildman–Crippen MR) is 297 cm³/mol. The van der Waals surface area contributed by atoms with Gasteiger partial charge in [0, 0.05) is 12.8 Å². The Balaban J connectivity index is 3.41. The first-order chi connectivity index (χ1) is 33.5. The summed E-state index contributed by atoms with van der Waals surface area (Å²) in [4.78, 5) is 24.6. The molecule has 6 heteroatoms. The van der Waals surface area contributed by atoms with E-state index in [0.717, 1.165) is 44.9 Å².